The second kappa shape index (κ2) is 3.56. The van der Waals surface area contributed by atoms with Crippen molar-refractivity contribution in [3.8, 4) is 0 Å². The highest BCUT2D eigenvalue weighted by Gasteiger charge is 2.34. The van der Waals surface area contributed by atoms with E-state index in [0.29, 0.717) is 10.8 Å². The zero-order valence-electron chi connectivity index (χ0n) is 8.51. The molecule has 82 valence electrons. The number of para-hydroxylation sites is 1. The molecule has 0 amide bonds. The minimum absolute atomic E-state index is 0.181. The van der Waals surface area contributed by atoms with E-state index in [-0.39, 0.29) is 5.37 Å². The topological polar surface area (TPSA) is 49.3 Å². The number of hydrogen-bond donors (Lipinski definition) is 2. The van der Waals surface area contributed by atoms with Crippen LogP contribution in [-0.4, -0.2) is 16.4 Å². The third-order valence-corrected chi connectivity index (χ3v) is 4.28. The van der Waals surface area contributed by atoms with Gasteiger partial charge in [-0.15, -0.1) is 0 Å². The number of carbonyl (C=O) groups is 1. The lowest BCUT2D eigenvalue weighted by molar-refractivity contribution is -0.131. The van der Waals surface area contributed by atoms with E-state index in [0.717, 1.165) is 12.1 Å². The molecular formula is C12H11NO2S. The van der Waals surface area contributed by atoms with Gasteiger partial charge >= 0.3 is 5.97 Å². The molecular weight excluding hydrogens is 222 g/mol. The van der Waals surface area contributed by atoms with Gasteiger partial charge in [-0.1, -0.05) is 36.0 Å². The average molecular weight is 233 g/mol. The molecule has 0 bridgehead atoms. The predicted molar refractivity (Wildman–Crippen MR) is 64.4 cm³/mol. The van der Waals surface area contributed by atoms with E-state index >= 15 is 0 Å². The Morgan fingerprint density at radius 1 is 1.44 bits per heavy atom. The van der Waals surface area contributed by atoms with Crippen LogP contribution in [0.5, 0.6) is 0 Å². The summed E-state index contributed by atoms with van der Waals surface area (Å²) in [4.78, 5) is 11.4. The van der Waals surface area contributed by atoms with Crippen LogP contribution in [0.3, 0.4) is 0 Å². The molecule has 0 radical (unpaired) electrons. The maximum Gasteiger partial charge on any atom is 0.341 e. The maximum atomic E-state index is 10.9. The lowest BCUT2D eigenvalue weighted by Crippen LogP contribution is -2.28. The Morgan fingerprint density at radius 2 is 2.25 bits per heavy atom. The molecule has 1 aromatic rings. The van der Waals surface area contributed by atoms with Crippen LogP contribution in [0.15, 0.2) is 35.2 Å². The number of nitrogens with one attached hydrogen (secondary N) is 1. The van der Waals surface area contributed by atoms with E-state index in [1.54, 1.807) is 0 Å². The summed E-state index contributed by atoms with van der Waals surface area (Å²) in [5.74, 6) is -0.517. The molecule has 1 aromatic carbocycles. The normalized spacial score (nSPS) is 26.4. The van der Waals surface area contributed by atoms with E-state index in [1.165, 1.54) is 17.3 Å². The summed E-state index contributed by atoms with van der Waals surface area (Å²) < 4.78 is 0. The van der Waals surface area contributed by atoms with Crippen molar-refractivity contribution in [2.45, 2.75) is 11.8 Å². The first-order valence-electron chi connectivity index (χ1n) is 5.20. The number of rotatable bonds is 1. The second-order valence-electron chi connectivity index (χ2n) is 4.04. The van der Waals surface area contributed by atoms with Crippen molar-refractivity contribution in [3.05, 3.63) is 40.8 Å². The van der Waals surface area contributed by atoms with Gasteiger partial charge in [-0.3, -0.25) is 0 Å². The van der Waals surface area contributed by atoms with Gasteiger partial charge in [0, 0.05) is 11.6 Å². The van der Waals surface area contributed by atoms with Gasteiger partial charge < -0.3 is 10.4 Å². The van der Waals surface area contributed by atoms with Crippen LogP contribution in [0.1, 0.15) is 5.56 Å². The van der Waals surface area contributed by atoms with Crippen molar-refractivity contribution in [3.63, 3.8) is 0 Å². The first-order valence-corrected chi connectivity index (χ1v) is 6.08. The van der Waals surface area contributed by atoms with Crippen LogP contribution in [0.25, 0.3) is 0 Å². The average Bonchev–Trinajstić information content (AvgIpc) is 2.68. The molecule has 16 heavy (non-hydrogen) atoms. The molecule has 0 aromatic heterocycles. The number of carboxylic acid groups (broad SMARTS) is 1. The third kappa shape index (κ3) is 1.50. The standard InChI is InChI=1S/C12H11NO2S/c14-12(15)10-6-8-5-7-3-1-2-4-9(7)13-11(8)16-10/h1-4,6,8,11,13H,5H2,(H,14,15). The van der Waals surface area contributed by atoms with Crippen LogP contribution in [0, 0.1) is 5.92 Å². The zero-order valence-corrected chi connectivity index (χ0v) is 9.33. The van der Waals surface area contributed by atoms with Crippen LogP contribution in [0.4, 0.5) is 5.69 Å². The summed E-state index contributed by atoms with van der Waals surface area (Å²) in [7, 11) is 0. The molecule has 3 nitrogen and oxygen atoms in total. The largest absolute Gasteiger partial charge is 0.477 e. The zero-order chi connectivity index (χ0) is 11.1. The Labute approximate surface area is 97.5 Å². The minimum Gasteiger partial charge on any atom is -0.477 e. The van der Waals surface area contributed by atoms with Crippen molar-refractivity contribution < 1.29 is 9.90 Å². The smallest absolute Gasteiger partial charge is 0.341 e. The molecule has 0 fully saturated rings. The fourth-order valence-corrected chi connectivity index (χ4v) is 3.38. The van der Waals surface area contributed by atoms with Gasteiger partial charge in [-0.25, -0.2) is 4.79 Å². The van der Waals surface area contributed by atoms with Gasteiger partial charge in [-0.05, 0) is 18.1 Å². The fraction of sp³-hybridized carbons (Fsp3) is 0.250. The van der Waals surface area contributed by atoms with Gasteiger partial charge in [0.2, 0.25) is 0 Å². The van der Waals surface area contributed by atoms with Crippen LogP contribution in [0.2, 0.25) is 0 Å². The van der Waals surface area contributed by atoms with Gasteiger partial charge in [0.15, 0.2) is 0 Å². The quantitative estimate of drug-likeness (QED) is 0.781. The van der Waals surface area contributed by atoms with Gasteiger partial charge in [0.05, 0.1) is 10.3 Å². The molecule has 2 atom stereocenters. The van der Waals surface area contributed by atoms with Gasteiger partial charge in [0.1, 0.15) is 0 Å². The van der Waals surface area contributed by atoms with Crippen molar-refractivity contribution >= 4 is 23.4 Å². The van der Waals surface area contributed by atoms with Crippen molar-refractivity contribution in [1.82, 2.24) is 0 Å². The van der Waals surface area contributed by atoms with E-state index in [4.69, 9.17) is 5.11 Å². The Kier molecular flexibility index (Phi) is 2.17. The number of anilines is 1. The Balaban J connectivity index is 1.90. The molecule has 2 N–H and O–H groups in total. The molecule has 2 aliphatic heterocycles. The van der Waals surface area contributed by atoms with Crippen molar-refractivity contribution in [1.29, 1.82) is 0 Å². The monoisotopic (exact) mass is 233 g/mol. The highest BCUT2D eigenvalue weighted by molar-refractivity contribution is 8.04. The summed E-state index contributed by atoms with van der Waals surface area (Å²) in [5.41, 5.74) is 2.41. The molecule has 0 spiro atoms. The summed E-state index contributed by atoms with van der Waals surface area (Å²) in [6, 6.07) is 8.16. The van der Waals surface area contributed by atoms with Crippen molar-refractivity contribution in [2.75, 3.05) is 5.32 Å². The number of benzene rings is 1. The molecule has 3 rings (SSSR count). The van der Waals surface area contributed by atoms with Crippen LogP contribution in [-0.2, 0) is 11.2 Å². The lowest BCUT2D eigenvalue weighted by atomic mass is 9.93. The summed E-state index contributed by atoms with van der Waals surface area (Å²) >= 11 is 1.42. The molecule has 0 saturated carbocycles. The Morgan fingerprint density at radius 3 is 3.06 bits per heavy atom. The highest BCUT2D eigenvalue weighted by atomic mass is 32.2. The fourth-order valence-electron chi connectivity index (χ4n) is 2.22. The number of thioether (sulfide) groups is 1. The van der Waals surface area contributed by atoms with Crippen LogP contribution >= 0.6 is 11.8 Å². The highest BCUT2D eigenvalue weighted by Crippen LogP contribution is 2.42. The summed E-state index contributed by atoms with van der Waals surface area (Å²) in [6.45, 7) is 0. The van der Waals surface area contributed by atoms with Gasteiger partial charge in [-0.2, -0.15) is 0 Å². The molecule has 4 heteroatoms. The number of fused-ring (bicyclic) bond motifs is 2. The van der Waals surface area contributed by atoms with E-state index in [9.17, 15) is 4.79 Å². The maximum absolute atomic E-state index is 10.9. The van der Waals surface area contributed by atoms with E-state index < -0.39 is 5.97 Å². The molecule has 2 unspecified atom stereocenters. The number of carboxylic acids is 1. The van der Waals surface area contributed by atoms with E-state index in [2.05, 4.69) is 11.4 Å². The SMILES string of the molecule is O=C(O)C1=CC2Cc3ccccc3NC2S1. The van der Waals surface area contributed by atoms with E-state index in [1.807, 2.05) is 24.3 Å². The molecule has 2 heterocycles. The van der Waals surface area contributed by atoms with Crippen LogP contribution < -0.4 is 5.32 Å². The Hall–Kier alpha value is -1.42. The van der Waals surface area contributed by atoms with Crippen molar-refractivity contribution in [2.24, 2.45) is 5.92 Å². The number of hydrogen-bond acceptors (Lipinski definition) is 3. The Bertz CT molecular complexity index is 484. The molecule has 2 aliphatic rings. The minimum atomic E-state index is -0.815. The predicted octanol–water partition coefficient (Wildman–Crippen LogP) is 2.31. The third-order valence-electron chi connectivity index (χ3n) is 2.99. The second-order valence-corrected chi connectivity index (χ2v) is 5.23. The summed E-state index contributed by atoms with van der Waals surface area (Å²) in [6.07, 6.45) is 2.80. The molecule has 0 aliphatic carbocycles. The first kappa shape index (κ1) is 9.78. The summed E-state index contributed by atoms with van der Waals surface area (Å²) in [5, 5.41) is 12.5. The first-order chi connectivity index (χ1) is 7.74. The molecule has 0 saturated heterocycles. The number of aliphatic carboxylic acids is 1. The lowest BCUT2D eigenvalue weighted by Gasteiger charge is -2.28. The van der Waals surface area contributed by atoms with Gasteiger partial charge in [0.25, 0.3) is 0 Å².